The van der Waals surface area contributed by atoms with Gasteiger partial charge in [0.15, 0.2) is 0 Å². The zero-order valence-corrected chi connectivity index (χ0v) is 19.6. The molecule has 0 aliphatic carbocycles. The number of hydrogen-bond donors (Lipinski definition) is 2. The molecule has 0 aromatic heterocycles. The van der Waals surface area contributed by atoms with Gasteiger partial charge in [-0.1, -0.05) is 13.0 Å². The maximum Gasteiger partial charge on any atom is 0.137 e. The van der Waals surface area contributed by atoms with Crippen LogP contribution >= 0.6 is 31.9 Å². The molecule has 158 valence electrons. The standard InChI is InChI=1S/C10H13BrFN.C7H6BrFO.C3H9NO/c1-2-5-13-7-8-3-4-10(12)9(11)6-8;1-10-5-2-3-7(9)6(8)4-5;1-5-3-2-4/h3-4,6,13H,2,5,7H2,1H3;2-4H,1H3;2-4H2,1H3. The fraction of sp³-hybridized carbons (Fsp3) is 0.400. The first-order valence-electron chi connectivity index (χ1n) is 8.72. The van der Waals surface area contributed by atoms with Crippen molar-refractivity contribution in [3.05, 3.63) is 62.5 Å². The summed E-state index contributed by atoms with van der Waals surface area (Å²) in [6, 6.07) is 9.58. The smallest absolute Gasteiger partial charge is 0.137 e. The Balaban J connectivity index is 0.000000431. The maximum atomic E-state index is 12.8. The molecule has 4 nitrogen and oxygen atoms in total. The van der Waals surface area contributed by atoms with Gasteiger partial charge in [-0.2, -0.15) is 0 Å². The predicted molar refractivity (Wildman–Crippen MR) is 118 cm³/mol. The molecule has 0 radical (unpaired) electrons. The molecule has 0 fully saturated rings. The molecule has 0 heterocycles. The third kappa shape index (κ3) is 12.4. The molecular weight excluding hydrogens is 498 g/mol. The van der Waals surface area contributed by atoms with Gasteiger partial charge in [-0.3, -0.25) is 0 Å². The van der Waals surface area contributed by atoms with Crippen LogP contribution < -0.4 is 15.8 Å². The Bertz CT molecular complexity index is 675. The molecule has 0 aliphatic rings. The van der Waals surface area contributed by atoms with E-state index in [1.807, 2.05) is 0 Å². The second kappa shape index (κ2) is 16.9. The normalized spacial score (nSPS) is 9.71. The van der Waals surface area contributed by atoms with Crippen molar-refractivity contribution in [2.24, 2.45) is 5.73 Å². The van der Waals surface area contributed by atoms with Crippen molar-refractivity contribution in [3.8, 4) is 5.75 Å². The van der Waals surface area contributed by atoms with E-state index in [1.54, 1.807) is 38.5 Å². The monoisotopic (exact) mass is 524 g/mol. The van der Waals surface area contributed by atoms with Crippen LogP contribution in [-0.4, -0.2) is 33.9 Å². The molecular formula is C20H28Br2F2N2O2. The third-order valence-corrected chi connectivity index (χ3v) is 4.40. The lowest BCUT2D eigenvalue weighted by Gasteiger charge is -2.03. The topological polar surface area (TPSA) is 56.5 Å². The highest BCUT2D eigenvalue weighted by Crippen LogP contribution is 2.20. The predicted octanol–water partition coefficient (Wildman–Crippen LogP) is 5.28. The largest absolute Gasteiger partial charge is 0.497 e. The summed E-state index contributed by atoms with van der Waals surface area (Å²) >= 11 is 6.18. The number of ether oxygens (including phenoxy) is 2. The van der Waals surface area contributed by atoms with E-state index in [9.17, 15) is 8.78 Å². The van der Waals surface area contributed by atoms with Crippen LogP contribution in [0.1, 0.15) is 18.9 Å². The second-order valence-corrected chi connectivity index (χ2v) is 7.20. The van der Waals surface area contributed by atoms with Gasteiger partial charge in [-0.05, 0) is 80.7 Å². The number of methoxy groups -OCH3 is 2. The lowest BCUT2D eigenvalue weighted by molar-refractivity contribution is 0.207. The summed E-state index contributed by atoms with van der Waals surface area (Å²) in [7, 11) is 3.17. The van der Waals surface area contributed by atoms with E-state index in [2.05, 4.69) is 48.8 Å². The Hall–Kier alpha value is -1.06. The van der Waals surface area contributed by atoms with E-state index in [-0.39, 0.29) is 11.6 Å². The first-order chi connectivity index (χ1) is 13.4. The summed E-state index contributed by atoms with van der Waals surface area (Å²) in [6.07, 6.45) is 1.11. The van der Waals surface area contributed by atoms with Gasteiger partial charge in [0.25, 0.3) is 0 Å². The van der Waals surface area contributed by atoms with Crippen molar-refractivity contribution in [2.75, 3.05) is 33.9 Å². The van der Waals surface area contributed by atoms with E-state index >= 15 is 0 Å². The van der Waals surface area contributed by atoms with Crippen LogP contribution in [0, 0.1) is 11.6 Å². The van der Waals surface area contributed by atoms with Crippen LogP contribution in [0.25, 0.3) is 0 Å². The zero-order chi connectivity index (χ0) is 21.4. The summed E-state index contributed by atoms with van der Waals surface area (Å²) in [5.74, 6) is 0.160. The molecule has 2 aromatic carbocycles. The van der Waals surface area contributed by atoms with Gasteiger partial charge in [0.05, 0.1) is 22.7 Å². The number of nitrogens with two attached hydrogens (primary N) is 1. The molecule has 0 unspecified atom stereocenters. The van der Waals surface area contributed by atoms with Crippen molar-refractivity contribution >= 4 is 31.9 Å². The summed E-state index contributed by atoms with van der Waals surface area (Å²) in [5.41, 5.74) is 6.11. The minimum atomic E-state index is -0.277. The van der Waals surface area contributed by atoms with Gasteiger partial charge in [-0.15, -0.1) is 0 Å². The minimum Gasteiger partial charge on any atom is -0.497 e. The molecule has 0 atom stereocenters. The highest BCUT2D eigenvalue weighted by Gasteiger charge is 1.99. The Morgan fingerprint density at radius 1 is 1.00 bits per heavy atom. The number of halogens is 4. The quantitative estimate of drug-likeness (QED) is 0.483. The van der Waals surface area contributed by atoms with Gasteiger partial charge in [0, 0.05) is 20.2 Å². The fourth-order valence-electron chi connectivity index (χ4n) is 1.78. The molecule has 8 heteroatoms. The number of rotatable bonds is 7. The Morgan fingerprint density at radius 2 is 1.61 bits per heavy atom. The molecule has 0 spiro atoms. The molecule has 0 amide bonds. The van der Waals surface area contributed by atoms with Crippen LogP contribution in [0.2, 0.25) is 0 Å². The van der Waals surface area contributed by atoms with Crippen molar-refractivity contribution < 1.29 is 18.3 Å². The Morgan fingerprint density at radius 3 is 2.04 bits per heavy atom. The van der Waals surface area contributed by atoms with Gasteiger partial charge in [0.1, 0.15) is 17.4 Å². The molecule has 0 saturated heterocycles. The van der Waals surface area contributed by atoms with E-state index in [0.29, 0.717) is 27.8 Å². The van der Waals surface area contributed by atoms with Crippen molar-refractivity contribution in [1.29, 1.82) is 0 Å². The molecule has 2 rings (SSSR count). The van der Waals surface area contributed by atoms with Crippen molar-refractivity contribution in [3.63, 3.8) is 0 Å². The maximum absolute atomic E-state index is 12.8. The van der Waals surface area contributed by atoms with E-state index in [1.165, 1.54) is 12.1 Å². The van der Waals surface area contributed by atoms with Crippen LogP contribution in [0.3, 0.4) is 0 Å². The van der Waals surface area contributed by atoms with Crippen molar-refractivity contribution in [1.82, 2.24) is 5.32 Å². The molecule has 0 saturated carbocycles. The van der Waals surface area contributed by atoms with Crippen molar-refractivity contribution in [2.45, 2.75) is 19.9 Å². The zero-order valence-electron chi connectivity index (χ0n) is 16.4. The van der Waals surface area contributed by atoms with Gasteiger partial charge >= 0.3 is 0 Å². The summed E-state index contributed by atoms with van der Waals surface area (Å²) in [5, 5.41) is 3.25. The Labute approximate surface area is 183 Å². The highest BCUT2D eigenvalue weighted by molar-refractivity contribution is 9.10. The van der Waals surface area contributed by atoms with Gasteiger partial charge in [0.2, 0.25) is 0 Å². The first-order valence-corrected chi connectivity index (χ1v) is 10.3. The van der Waals surface area contributed by atoms with Crippen LogP contribution in [0.4, 0.5) is 8.78 Å². The summed E-state index contributed by atoms with van der Waals surface area (Å²) in [4.78, 5) is 0. The lowest BCUT2D eigenvalue weighted by Crippen LogP contribution is -2.13. The molecule has 28 heavy (non-hydrogen) atoms. The first kappa shape index (κ1) is 26.9. The van der Waals surface area contributed by atoms with Crippen LogP contribution in [0.15, 0.2) is 45.3 Å². The molecule has 0 aliphatic heterocycles. The molecule has 3 N–H and O–H groups in total. The van der Waals surface area contributed by atoms with E-state index in [4.69, 9.17) is 10.5 Å². The number of nitrogens with one attached hydrogen (secondary N) is 1. The molecule has 2 aromatic rings. The second-order valence-electron chi connectivity index (χ2n) is 5.49. The molecule has 0 bridgehead atoms. The van der Waals surface area contributed by atoms with E-state index < -0.39 is 0 Å². The van der Waals surface area contributed by atoms with Crippen LogP contribution in [-0.2, 0) is 11.3 Å². The summed E-state index contributed by atoms with van der Waals surface area (Å²) < 4.78 is 35.7. The minimum absolute atomic E-state index is 0.209. The summed E-state index contributed by atoms with van der Waals surface area (Å²) in [6.45, 7) is 5.20. The van der Waals surface area contributed by atoms with Gasteiger partial charge < -0.3 is 20.5 Å². The average molecular weight is 526 g/mol. The lowest BCUT2D eigenvalue weighted by atomic mass is 10.2. The SMILES string of the molecule is CCCNCc1ccc(F)c(Br)c1.COCCN.COc1ccc(F)c(Br)c1. The fourth-order valence-corrected chi connectivity index (χ4v) is 2.56. The van der Waals surface area contributed by atoms with Gasteiger partial charge in [-0.25, -0.2) is 8.78 Å². The number of benzene rings is 2. The third-order valence-electron chi connectivity index (χ3n) is 3.19. The number of hydrogen-bond acceptors (Lipinski definition) is 4. The van der Waals surface area contributed by atoms with Crippen LogP contribution in [0.5, 0.6) is 5.75 Å². The Kier molecular flexibility index (Phi) is 16.2. The van der Waals surface area contributed by atoms with E-state index in [0.717, 1.165) is 25.1 Å². The highest BCUT2D eigenvalue weighted by atomic mass is 79.9. The average Bonchev–Trinajstić information content (AvgIpc) is 2.69.